The highest BCUT2D eigenvalue weighted by molar-refractivity contribution is 5.57. The number of hydrogen-bond donors (Lipinski definition) is 2. The first-order valence-corrected chi connectivity index (χ1v) is 10.2. The number of para-hydroxylation sites is 2. The van der Waals surface area contributed by atoms with E-state index in [1.807, 2.05) is 54.6 Å². The minimum absolute atomic E-state index is 0.184. The molecule has 0 saturated heterocycles. The summed E-state index contributed by atoms with van der Waals surface area (Å²) in [5, 5.41) is 22.5. The Kier molecular flexibility index (Phi) is 5.49. The van der Waals surface area contributed by atoms with Crippen LogP contribution >= 0.6 is 0 Å². The molecule has 0 saturated carbocycles. The maximum absolute atomic E-state index is 11.3. The van der Waals surface area contributed by atoms with Crippen LogP contribution in [0.2, 0.25) is 0 Å². The highest BCUT2D eigenvalue weighted by Crippen LogP contribution is 2.45. The summed E-state index contributed by atoms with van der Waals surface area (Å²) >= 11 is 0. The average molecular weight is 389 g/mol. The summed E-state index contributed by atoms with van der Waals surface area (Å²) in [6.45, 7) is 12.6. The van der Waals surface area contributed by atoms with Gasteiger partial charge >= 0.3 is 0 Å². The minimum atomic E-state index is -0.263. The van der Waals surface area contributed by atoms with Crippen LogP contribution in [0.5, 0.6) is 11.5 Å². The molecule has 0 atom stereocenters. The summed E-state index contributed by atoms with van der Waals surface area (Å²) in [4.78, 5) is 0. The lowest BCUT2D eigenvalue weighted by atomic mass is 9.77. The maximum Gasteiger partial charge on any atom is 0.123 e. The smallest absolute Gasteiger partial charge is 0.123 e. The molecule has 0 unspecified atom stereocenters. The summed E-state index contributed by atoms with van der Waals surface area (Å²) in [5.74, 6) is 0.338. The van der Waals surface area contributed by atoms with E-state index in [0.29, 0.717) is 11.5 Å². The van der Waals surface area contributed by atoms with Gasteiger partial charge in [-0.1, -0.05) is 108 Å². The van der Waals surface area contributed by atoms with E-state index in [4.69, 9.17) is 0 Å². The van der Waals surface area contributed by atoms with Gasteiger partial charge < -0.3 is 10.2 Å². The summed E-state index contributed by atoms with van der Waals surface area (Å²) in [6.07, 6.45) is 0. The zero-order valence-corrected chi connectivity index (χ0v) is 18.3. The molecule has 3 aromatic rings. The third-order valence-electron chi connectivity index (χ3n) is 5.51. The van der Waals surface area contributed by atoms with E-state index in [1.54, 1.807) is 0 Å². The monoisotopic (exact) mass is 388 g/mol. The highest BCUT2D eigenvalue weighted by Gasteiger charge is 2.29. The number of phenolic OH excluding ortho intramolecular Hbond substituents is 2. The highest BCUT2D eigenvalue weighted by atomic mass is 16.3. The van der Waals surface area contributed by atoms with Gasteiger partial charge in [-0.05, 0) is 27.5 Å². The Morgan fingerprint density at radius 3 is 1.34 bits per heavy atom. The second kappa shape index (κ2) is 7.59. The number of rotatable bonds is 3. The normalized spacial score (nSPS) is 12.4. The standard InChI is InChI=1S/C27H32O2/c1-26(2,3)21-16-10-14-19(24(21)28)23(18-12-8-7-9-13-18)20-15-11-17-22(25(20)29)27(4,5)6/h7-17,23,28-29H,1-6H3. The molecule has 2 heteroatoms. The first-order valence-electron chi connectivity index (χ1n) is 10.2. The fourth-order valence-corrected chi connectivity index (χ4v) is 3.97. The first-order chi connectivity index (χ1) is 13.5. The van der Waals surface area contributed by atoms with Gasteiger partial charge in [-0.15, -0.1) is 0 Å². The SMILES string of the molecule is CC(C)(C)c1cccc(C(c2ccccc2)c2cccc(C(C)(C)C)c2O)c1O. The lowest BCUT2D eigenvalue weighted by molar-refractivity contribution is 0.432. The van der Waals surface area contributed by atoms with Crippen molar-refractivity contribution in [1.82, 2.24) is 0 Å². The van der Waals surface area contributed by atoms with Crippen molar-refractivity contribution in [1.29, 1.82) is 0 Å². The molecule has 0 aliphatic heterocycles. The van der Waals surface area contributed by atoms with Gasteiger partial charge in [0.2, 0.25) is 0 Å². The third kappa shape index (κ3) is 4.17. The van der Waals surface area contributed by atoms with Gasteiger partial charge in [0.05, 0.1) is 0 Å². The Balaban J connectivity index is 2.31. The van der Waals surface area contributed by atoms with Crippen molar-refractivity contribution in [3.8, 4) is 11.5 Å². The Morgan fingerprint density at radius 2 is 0.966 bits per heavy atom. The zero-order valence-electron chi connectivity index (χ0n) is 18.3. The van der Waals surface area contributed by atoms with Crippen LogP contribution in [0.15, 0.2) is 66.7 Å². The van der Waals surface area contributed by atoms with Crippen molar-refractivity contribution in [3.63, 3.8) is 0 Å². The van der Waals surface area contributed by atoms with Crippen LogP contribution in [0.25, 0.3) is 0 Å². The van der Waals surface area contributed by atoms with E-state index < -0.39 is 0 Å². The van der Waals surface area contributed by atoms with E-state index in [9.17, 15) is 10.2 Å². The van der Waals surface area contributed by atoms with Gasteiger partial charge in [-0.3, -0.25) is 0 Å². The molecular formula is C27H32O2. The molecule has 0 fully saturated rings. The Bertz CT molecular complexity index is 926. The van der Waals surface area contributed by atoms with Gasteiger partial charge in [-0.25, -0.2) is 0 Å². The molecule has 0 aromatic heterocycles. The Hall–Kier alpha value is -2.74. The minimum Gasteiger partial charge on any atom is -0.507 e. The fraction of sp³-hybridized carbons (Fsp3) is 0.333. The van der Waals surface area contributed by atoms with Crippen LogP contribution in [0.3, 0.4) is 0 Å². The first kappa shape index (κ1) is 21.0. The molecule has 152 valence electrons. The number of aromatic hydroxyl groups is 2. The quantitative estimate of drug-likeness (QED) is 0.480. The summed E-state index contributed by atoms with van der Waals surface area (Å²) in [7, 11) is 0. The molecule has 2 nitrogen and oxygen atoms in total. The Morgan fingerprint density at radius 1 is 0.552 bits per heavy atom. The molecule has 0 radical (unpaired) electrons. The fourth-order valence-electron chi connectivity index (χ4n) is 3.97. The molecule has 0 aliphatic carbocycles. The van der Waals surface area contributed by atoms with Crippen LogP contribution in [-0.2, 0) is 10.8 Å². The second-order valence-corrected chi connectivity index (χ2v) is 9.83. The van der Waals surface area contributed by atoms with Crippen molar-refractivity contribution in [2.75, 3.05) is 0 Å². The van der Waals surface area contributed by atoms with Gasteiger partial charge in [0.15, 0.2) is 0 Å². The van der Waals surface area contributed by atoms with Crippen LogP contribution < -0.4 is 0 Å². The molecule has 0 amide bonds. The molecule has 3 aromatic carbocycles. The third-order valence-corrected chi connectivity index (χ3v) is 5.51. The van der Waals surface area contributed by atoms with Crippen LogP contribution in [0.4, 0.5) is 0 Å². The molecule has 0 spiro atoms. The number of hydrogen-bond acceptors (Lipinski definition) is 2. The summed E-state index contributed by atoms with van der Waals surface area (Å²) in [6, 6.07) is 22.0. The number of benzene rings is 3. The van der Waals surface area contributed by atoms with Crippen molar-refractivity contribution < 1.29 is 10.2 Å². The van der Waals surface area contributed by atoms with Crippen LogP contribution in [0, 0.1) is 0 Å². The molecular weight excluding hydrogens is 356 g/mol. The maximum atomic E-state index is 11.3. The lowest BCUT2D eigenvalue weighted by Crippen LogP contribution is -2.15. The van der Waals surface area contributed by atoms with E-state index in [1.165, 1.54) is 0 Å². The summed E-state index contributed by atoms with van der Waals surface area (Å²) < 4.78 is 0. The molecule has 0 heterocycles. The predicted molar refractivity (Wildman–Crippen MR) is 121 cm³/mol. The van der Waals surface area contributed by atoms with Crippen LogP contribution in [0.1, 0.15) is 75.3 Å². The topological polar surface area (TPSA) is 40.5 Å². The van der Waals surface area contributed by atoms with E-state index >= 15 is 0 Å². The summed E-state index contributed by atoms with van der Waals surface area (Å²) in [5.41, 5.74) is 4.10. The van der Waals surface area contributed by atoms with Crippen molar-refractivity contribution in [2.45, 2.75) is 58.3 Å². The molecule has 29 heavy (non-hydrogen) atoms. The molecule has 0 bridgehead atoms. The van der Waals surface area contributed by atoms with Crippen molar-refractivity contribution in [2.24, 2.45) is 0 Å². The van der Waals surface area contributed by atoms with E-state index in [0.717, 1.165) is 27.8 Å². The van der Waals surface area contributed by atoms with E-state index in [2.05, 4.69) is 53.7 Å². The average Bonchev–Trinajstić information content (AvgIpc) is 2.63. The van der Waals surface area contributed by atoms with Crippen molar-refractivity contribution >= 4 is 0 Å². The second-order valence-electron chi connectivity index (χ2n) is 9.83. The Labute approximate surface area is 174 Å². The number of phenols is 2. The predicted octanol–water partition coefficient (Wildman–Crippen LogP) is 6.87. The molecule has 2 N–H and O–H groups in total. The van der Waals surface area contributed by atoms with Gasteiger partial charge in [-0.2, -0.15) is 0 Å². The van der Waals surface area contributed by atoms with Crippen LogP contribution in [-0.4, -0.2) is 10.2 Å². The largest absolute Gasteiger partial charge is 0.507 e. The van der Waals surface area contributed by atoms with E-state index in [-0.39, 0.29) is 16.7 Å². The van der Waals surface area contributed by atoms with Gasteiger partial charge in [0.25, 0.3) is 0 Å². The molecule has 0 aliphatic rings. The lowest BCUT2D eigenvalue weighted by Gasteiger charge is -2.28. The zero-order chi connectivity index (χ0) is 21.4. The van der Waals surface area contributed by atoms with Crippen molar-refractivity contribution in [3.05, 3.63) is 94.5 Å². The molecule has 3 rings (SSSR count). The van der Waals surface area contributed by atoms with Gasteiger partial charge in [0, 0.05) is 17.0 Å². The van der Waals surface area contributed by atoms with Gasteiger partial charge in [0.1, 0.15) is 11.5 Å².